The molecule has 0 fully saturated rings. The van der Waals surface area contributed by atoms with Crippen LogP contribution in [-0.2, 0) is 11.1 Å². The van der Waals surface area contributed by atoms with Crippen LogP contribution in [0.4, 0.5) is 0 Å². The fourth-order valence-corrected chi connectivity index (χ4v) is 1.51. The first-order chi connectivity index (χ1) is 6.00. The Morgan fingerprint density at radius 2 is 2.08 bits per heavy atom. The summed E-state index contributed by atoms with van der Waals surface area (Å²) in [4.78, 5) is 11.0. The van der Waals surface area contributed by atoms with Crippen LogP contribution in [0.25, 0.3) is 0 Å². The Labute approximate surface area is 78.0 Å². The van der Waals surface area contributed by atoms with Gasteiger partial charge in [-0.05, 0) is 30.7 Å². The average molecular weight is 199 g/mol. The molecule has 0 aromatic heterocycles. The molecule has 4 nitrogen and oxygen atoms in total. The molecule has 0 bridgehead atoms. The summed E-state index contributed by atoms with van der Waals surface area (Å²) in [5.41, 5.74) is 6.01. The predicted octanol–water partition coefficient (Wildman–Crippen LogP) is 0.675. The number of hydrogen-bond acceptors (Lipinski definition) is 2. The van der Waals surface area contributed by atoms with Gasteiger partial charge in [-0.3, -0.25) is 4.79 Å². The molecule has 0 saturated carbocycles. The van der Waals surface area contributed by atoms with E-state index in [-0.39, 0.29) is 10.5 Å². The quantitative estimate of drug-likeness (QED) is 0.687. The van der Waals surface area contributed by atoms with E-state index in [2.05, 4.69) is 0 Å². The molecule has 1 aromatic rings. The van der Waals surface area contributed by atoms with Crippen molar-refractivity contribution >= 4 is 17.0 Å². The van der Waals surface area contributed by atoms with E-state index < -0.39 is 17.0 Å². The van der Waals surface area contributed by atoms with E-state index in [0.29, 0.717) is 0 Å². The molecule has 70 valence electrons. The van der Waals surface area contributed by atoms with E-state index in [4.69, 9.17) is 10.3 Å². The molecule has 5 heteroatoms. The summed E-state index contributed by atoms with van der Waals surface area (Å²) in [5, 5.41) is 0. The summed E-state index contributed by atoms with van der Waals surface area (Å²) in [7, 11) is 0. The number of primary amides is 1. The highest BCUT2D eigenvalue weighted by Crippen LogP contribution is 2.11. The molecule has 0 heterocycles. The van der Waals surface area contributed by atoms with E-state index in [1.165, 1.54) is 12.1 Å². The van der Waals surface area contributed by atoms with Crippen LogP contribution in [0.5, 0.6) is 0 Å². The maximum Gasteiger partial charge on any atom is 0.248 e. The Balaban J connectivity index is 3.26. The van der Waals surface area contributed by atoms with Gasteiger partial charge < -0.3 is 10.3 Å². The van der Waals surface area contributed by atoms with Crippen LogP contribution in [-0.4, -0.2) is 14.7 Å². The Bertz CT molecular complexity index is 343. The zero-order chi connectivity index (χ0) is 10.0. The summed E-state index contributed by atoms with van der Waals surface area (Å²) in [6.07, 6.45) is 0. The predicted molar refractivity (Wildman–Crippen MR) is 48.7 cm³/mol. The minimum absolute atomic E-state index is 0.189. The van der Waals surface area contributed by atoms with Crippen LogP contribution in [0.3, 0.4) is 0 Å². The maximum absolute atomic E-state index is 10.8. The third kappa shape index (κ3) is 2.37. The van der Waals surface area contributed by atoms with E-state index >= 15 is 0 Å². The number of amides is 1. The van der Waals surface area contributed by atoms with Crippen LogP contribution in [0.2, 0.25) is 0 Å². The van der Waals surface area contributed by atoms with E-state index in [1.54, 1.807) is 13.0 Å². The van der Waals surface area contributed by atoms with Gasteiger partial charge in [0.2, 0.25) is 5.91 Å². The van der Waals surface area contributed by atoms with Crippen molar-refractivity contribution in [2.45, 2.75) is 11.8 Å². The molecule has 1 unspecified atom stereocenters. The molecular formula is C8H9NO3S. The average Bonchev–Trinajstić information content (AvgIpc) is 2.03. The first kappa shape index (κ1) is 9.88. The van der Waals surface area contributed by atoms with Gasteiger partial charge in [-0.25, -0.2) is 4.21 Å². The second kappa shape index (κ2) is 3.68. The number of nitrogens with two attached hydrogens (primary N) is 1. The van der Waals surface area contributed by atoms with Crippen molar-refractivity contribution in [1.82, 2.24) is 0 Å². The standard InChI is InChI=1S/C8H9NO3S/c1-5-2-6(8(9)10)4-7(3-5)13(11)12/h2-4H,1H3,(H2,9,10)(H,11,12). The SMILES string of the molecule is Cc1cc(C(N)=O)cc(S(=O)O)c1. The maximum atomic E-state index is 10.8. The van der Waals surface area contributed by atoms with Crippen LogP contribution < -0.4 is 5.73 Å². The third-order valence-corrected chi connectivity index (χ3v) is 2.18. The van der Waals surface area contributed by atoms with Crippen LogP contribution in [0.1, 0.15) is 15.9 Å². The first-order valence-electron chi connectivity index (χ1n) is 3.53. The van der Waals surface area contributed by atoms with Crippen molar-refractivity contribution in [3.63, 3.8) is 0 Å². The second-order valence-corrected chi connectivity index (χ2v) is 3.62. The minimum Gasteiger partial charge on any atom is -0.366 e. The molecular weight excluding hydrogens is 190 g/mol. The monoisotopic (exact) mass is 199 g/mol. The van der Waals surface area contributed by atoms with Crippen LogP contribution in [0.15, 0.2) is 23.1 Å². The number of aryl methyl sites for hydroxylation is 1. The number of benzene rings is 1. The summed E-state index contributed by atoms with van der Waals surface area (Å²) in [6, 6.07) is 4.41. The highest BCUT2D eigenvalue weighted by Gasteiger charge is 2.06. The smallest absolute Gasteiger partial charge is 0.248 e. The number of carbonyl (C=O) groups is 1. The molecule has 1 aromatic carbocycles. The van der Waals surface area contributed by atoms with Gasteiger partial charge in [0.25, 0.3) is 0 Å². The molecule has 0 saturated heterocycles. The summed E-state index contributed by atoms with van der Waals surface area (Å²) in [5.74, 6) is -0.601. The van der Waals surface area contributed by atoms with Crippen molar-refractivity contribution < 1.29 is 13.6 Å². The lowest BCUT2D eigenvalue weighted by Crippen LogP contribution is -2.11. The molecule has 1 atom stereocenters. The van der Waals surface area contributed by atoms with E-state index in [9.17, 15) is 9.00 Å². The third-order valence-electron chi connectivity index (χ3n) is 1.54. The second-order valence-electron chi connectivity index (χ2n) is 2.65. The Morgan fingerprint density at radius 3 is 2.54 bits per heavy atom. The zero-order valence-corrected chi connectivity index (χ0v) is 7.80. The van der Waals surface area contributed by atoms with Crippen molar-refractivity contribution in [3.8, 4) is 0 Å². The number of hydrogen-bond donors (Lipinski definition) is 2. The van der Waals surface area contributed by atoms with Gasteiger partial charge in [-0.15, -0.1) is 0 Å². The highest BCUT2D eigenvalue weighted by molar-refractivity contribution is 7.79. The zero-order valence-electron chi connectivity index (χ0n) is 6.98. The lowest BCUT2D eigenvalue weighted by atomic mass is 10.1. The van der Waals surface area contributed by atoms with E-state index in [0.717, 1.165) is 5.56 Å². The van der Waals surface area contributed by atoms with Gasteiger partial charge in [-0.2, -0.15) is 0 Å². The van der Waals surface area contributed by atoms with Gasteiger partial charge in [0, 0.05) is 5.56 Å². The molecule has 0 radical (unpaired) electrons. The largest absolute Gasteiger partial charge is 0.366 e. The fraction of sp³-hybridized carbons (Fsp3) is 0.125. The summed E-state index contributed by atoms with van der Waals surface area (Å²) in [6.45, 7) is 1.72. The van der Waals surface area contributed by atoms with Crippen molar-refractivity contribution in [2.75, 3.05) is 0 Å². The summed E-state index contributed by atoms with van der Waals surface area (Å²) >= 11 is -2.07. The molecule has 0 aliphatic heterocycles. The lowest BCUT2D eigenvalue weighted by Gasteiger charge is -2.00. The van der Waals surface area contributed by atoms with Crippen LogP contribution >= 0.6 is 0 Å². The lowest BCUT2D eigenvalue weighted by molar-refractivity contribution is 0.1000. The minimum atomic E-state index is -2.07. The van der Waals surface area contributed by atoms with Gasteiger partial charge in [0.05, 0.1) is 4.90 Å². The molecule has 1 rings (SSSR count). The van der Waals surface area contributed by atoms with Crippen molar-refractivity contribution in [3.05, 3.63) is 29.3 Å². The molecule has 0 aliphatic carbocycles. The van der Waals surface area contributed by atoms with E-state index in [1.807, 2.05) is 0 Å². The van der Waals surface area contributed by atoms with Crippen LogP contribution in [0, 0.1) is 6.92 Å². The highest BCUT2D eigenvalue weighted by atomic mass is 32.2. The number of carbonyl (C=O) groups excluding carboxylic acids is 1. The molecule has 0 spiro atoms. The topological polar surface area (TPSA) is 80.4 Å². The summed E-state index contributed by atoms with van der Waals surface area (Å²) < 4.78 is 19.5. The molecule has 0 aliphatic rings. The van der Waals surface area contributed by atoms with Gasteiger partial charge >= 0.3 is 0 Å². The molecule has 1 amide bonds. The van der Waals surface area contributed by atoms with Gasteiger partial charge in [-0.1, -0.05) is 0 Å². The Kier molecular flexibility index (Phi) is 2.79. The number of rotatable bonds is 2. The molecule has 13 heavy (non-hydrogen) atoms. The first-order valence-corrected chi connectivity index (χ1v) is 4.63. The van der Waals surface area contributed by atoms with Crippen molar-refractivity contribution in [2.24, 2.45) is 5.73 Å². The Morgan fingerprint density at radius 1 is 1.46 bits per heavy atom. The fourth-order valence-electron chi connectivity index (χ4n) is 0.991. The molecule has 3 N–H and O–H groups in total. The van der Waals surface area contributed by atoms with Gasteiger partial charge in [0.1, 0.15) is 0 Å². The van der Waals surface area contributed by atoms with Gasteiger partial charge in [0.15, 0.2) is 11.1 Å². The Hall–Kier alpha value is -1.20. The normalized spacial score (nSPS) is 12.5. The van der Waals surface area contributed by atoms with Crippen molar-refractivity contribution in [1.29, 1.82) is 0 Å².